The topological polar surface area (TPSA) is 72.9 Å². The van der Waals surface area contributed by atoms with Crippen molar-refractivity contribution in [2.45, 2.75) is 25.4 Å². The van der Waals surface area contributed by atoms with E-state index in [9.17, 15) is 31.1 Å². The van der Waals surface area contributed by atoms with Crippen molar-refractivity contribution >= 4 is 18.1 Å². The van der Waals surface area contributed by atoms with Gasteiger partial charge >= 0.3 is 12.4 Å². The highest BCUT2D eigenvalue weighted by Crippen LogP contribution is 2.37. The molecule has 3 rings (SSSR count). The van der Waals surface area contributed by atoms with Crippen molar-refractivity contribution in [2.75, 3.05) is 12.1 Å². The average Bonchev–Trinajstić information content (AvgIpc) is 3.20. The fraction of sp³-hybridized carbons (Fsp3) is 0.250. The number of hydrogen-bond acceptors (Lipinski definition) is 6. The van der Waals surface area contributed by atoms with Gasteiger partial charge in [-0.1, -0.05) is 6.07 Å². The van der Waals surface area contributed by atoms with Crippen molar-refractivity contribution in [3.8, 4) is 0 Å². The number of nitrogens with zero attached hydrogens (tertiary/aromatic N) is 4. The largest absolute Gasteiger partial charge is 0.416 e. The van der Waals surface area contributed by atoms with Gasteiger partial charge < -0.3 is 0 Å². The van der Waals surface area contributed by atoms with Crippen LogP contribution in [0.25, 0.3) is 0 Å². The second-order valence-electron chi connectivity index (χ2n) is 7.04. The zero-order chi connectivity index (χ0) is 24.4. The number of nitrogens with one attached hydrogen (secondary N) is 2. The fourth-order valence-electron chi connectivity index (χ4n) is 2.96. The first-order chi connectivity index (χ1) is 15.3. The zero-order valence-corrected chi connectivity index (χ0v) is 17.2. The maximum absolute atomic E-state index is 13.1. The Bertz CT molecular complexity index is 1050. The molecule has 0 bridgehead atoms. The highest BCUT2D eigenvalue weighted by molar-refractivity contribution is 5.88. The Morgan fingerprint density at radius 3 is 2.36 bits per heavy atom. The van der Waals surface area contributed by atoms with Gasteiger partial charge in [-0.05, 0) is 42.3 Å². The lowest BCUT2D eigenvalue weighted by molar-refractivity contribution is -0.143. The van der Waals surface area contributed by atoms with Crippen LogP contribution in [0.3, 0.4) is 0 Å². The summed E-state index contributed by atoms with van der Waals surface area (Å²) in [6.07, 6.45) is -6.13. The molecule has 1 aliphatic rings. The molecule has 1 aliphatic heterocycles. The quantitative estimate of drug-likeness (QED) is 0.392. The van der Waals surface area contributed by atoms with Crippen molar-refractivity contribution in [1.82, 2.24) is 20.8 Å². The number of carbonyl (C=O) groups is 1. The number of carbonyl (C=O) groups excluding carboxylic acids is 1. The number of alkyl halides is 6. The summed E-state index contributed by atoms with van der Waals surface area (Å²) in [4.78, 5) is 20.2. The van der Waals surface area contributed by atoms with E-state index in [1.807, 2.05) is 13.0 Å². The van der Waals surface area contributed by atoms with Crippen molar-refractivity contribution in [2.24, 2.45) is 4.99 Å². The van der Waals surface area contributed by atoms with Crippen molar-refractivity contribution < 1.29 is 31.1 Å². The number of hydrazine groups is 2. The van der Waals surface area contributed by atoms with Gasteiger partial charge in [0.15, 0.2) is 0 Å². The Morgan fingerprint density at radius 1 is 1.15 bits per heavy atom. The number of pyridine rings is 1. The van der Waals surface area contributed by atoms with Crippen molar-refractivity contribution in [3.05, 3.63) is 71.1 Å². The minimum absolute atomic E-state index is 0.0456. The first-order valence-electron chi connectivity index (χ1n) is 9.36. The maximum atomic E-state index is 13.1. The summed E-state index contributed by atoms with van der Waals surface area (Å²) in [5.41, 5.74) is 2.75. The lowest BCUT2D eigenvalue weighted by atomic mass is 10.0. The molecule has 0 spiro atoms. The molecule has 1 atom stereocenters. The highest BCUT2D eigenvalue weighted by Gasteiger charge is 2.37. The lowest BCUT2D eigenvalue weighted by Gasteiger charge is -2.20. The van der Waals surface area contributed by atoms with E-state index < -0.39 is 35.6 Å². The first kappa shape index (κ1) is 24.0. The van der Waals surface area contributed by atoms with Gasteiger partial charge in [0, 0.05) is 25.5 Å². The molecule has 2 heterocycles. The molecule has 2 N–H and O–H groups in total. The molecule has 0 saturated carbocycles. The molecule has 0 aliphatic carbocycles. The summed E-state index contributed by atoms with van der Waals surface area (Å²) in [5, 5.41) is 2.54. The Hall–Kier alpha value is -3.61. The Morgan fingerprint density at radius 2 is 1.79 bits per heavy atom. The van der Waals surface area contributed by atoms with Crippen LogP contribution in [-0.2, 0) is 17.1 Å². The van der Waals surface area contributed by atoms with Gasteiger partial charge in [-0.3, -0.25) is 20.2 Å². The molecule has 13 heteroatoms. The second-order valence-corrected chi connectivity index (χ2v) is 7.04. The van der Waals surface area contributed by atoms with Gasteiger partial charge in [0.25, 0.3) is 5.91 Å². The fourth-order valence-corrected chi connectivity index (χ4v) is 2.96. The molecule has 0 saturated heterocycles. The molecule has 1 unspecified atom stereocenters. The Balaban J connectivity index is 1.68. The highest BCUT2D eigenvalue weighted by atomic mass is 19.4. The minimum atomic E-state index is -4.96. The predicted octanol–water partition coefficient (Wildman–Crippen LogP) is 3.96. The van der Waals surface area contributed by atoms with Crippen LogP contribution in [0.15, 0.2) is 53.8 Å². The van der Waals surface area contributed by atoms with Crippen LogP contribution < -0.4 is 15.9 Å². The van der Waals surface area contributed by atoms with E-state index in [1.165, 1.54) is 11.2 Å². The summed E-state index contributed by atoms with van der Waals surface area (Å²) in [6.45, 7) is 1.81. The number of rotatable bonds is 5. The van der Waals surface area contributed by atoms with E-state index in [0.29, 0.717) is 18.0 Å². The molecular formula is C20H18F6N6O. The summed E-state index contributed by atoms with van der Waals surface area (Å²) in [7, 11) is 1.58. The molecule has 1 aromatic carbocycles. The molecule has 2 aromatic rings. The van der Waals surface area contributed by atoms with Crippen LogP contribution in [0, 0.1) is 6.92 Å². The smallest absolute Gasteiger partial charge is 0.271 e. The molecule has 1 aromatic heterocycles. The number of hydrogen-bond donors (Lipinski definition) is 2. The van der Waals surface area contributed by atoms with E-state index in [4.69, 9.17) is 0 Å². The molecule has 176 valence electrons. The van der Waals surface area contributed by atoms with Gasteiger partial charge in [0.05, 0.1) is 11.1 Å². The third-order valence-corrected chi connectivity index (χ3v) is 4.50. The van der Waals surface area contributed by atoms with E-state index in [2.05, 4.69) is 20.8 Å². The normalized spacial score (nSPS) is 16.5. The Labute approximate surface area is 184 Å². The van der Waals surface area contributed by atoms with Crippen LogP contribution in [-0.4, -0.2) is 29.3 Å². The first-order valence-corrected chi connectivity index (χ1v) is 9.36. The molecule has 1 amide bonds. The van der Waals surface area contributed by atoms with Gasteiger partial charge in [0.2, 0.25) is 0 Å². The predicted molar refractivity (Wildman–Crippen MR) is 107 cm³/mol. The minimum Gasteiger partial charge on any atom is -0.271 e. The number of anilines is 1. The van der Waals surface area contributed by atoms with Crippen LogP contribution in [0.5, 0.6) is 0 Å². The van der Waals surface area contributed by atoms with E-state index in [0.717, 1.165) is 23.0 Å². The second kappa shape index (κ2) is 9.10. The molecule has 33 heavy (non-hydrogen) atoms. The Kier molecular flexibility index (Phi) is 6.63. The van der Waals surface area contributed by atoms with Gasteiger partial charge in [-0.25, -0.2) is 15.4 Å². The van der Waals surface area contributed by atoms with Crippen molar-refractivity contribution in [1.29, 1.82) is 0 Å². The number of benzene rings is 1. The van der Waals surface area contributed by atoms with Crippen LogP contribution >= 0.6 is 0 Å². The van der Waals surface area contributed by atoms with Crippen molar-refractivity contribution in [3.63, 3.8) is 0 Å². The monoisotopic (exact) mass is 472 g/mol. The lowest BCUT2D eigenvalue weighted by Crippen LogP contribution is -2.39. The van der Waals surface area contributed by atoms with E-state index >= 15 is 0 Å². The van der Waals surface area contributed by atoms with Gasteiger partial charge in [0.1, 0.15) is 18.3 Å². The van der Waals surface area contributed by atoms with Crippen LogP contribution in [0.1, 0.15) is 28.4 Å². The number of halogens is 6. The summed E-state index contributed by atoms with van der Waals surface area (Å²) < 4.78 is 78.4. The SMILES string of the molecule is Cc1cccnc1N(C)NC(=O)/C=C\N1C=NC(c2cc(C(F)(F)F)cc(C(F)(F)F)c2)N1. The van der Waals surface area contributed by atoms with Crippen LogP contribution in [0.2, 0.25) is 0 Å². The number of amides is 1. The van der Waals surface area contributed by atoms with Gasteiger partial charge in [-0.15, -0.1) is 0 Å². The summed E-state index contributed by atoms with van der Waals surface area (Å²) in [6, 6.07) is 4.78. The molecule has 7 nitrogen and oxygen atoms in total. The van der Waals surface area contributed by atoms with Gasteiger partial charge in [-0.2, -0.15) is 26.3 Å². The van der Waals surface area contributed by atoms with Crippen LogP contribution in [0.4, 0.5) is 32.2 Å². The van der Waals surface area contributed by atoms with E-state index in [1.54, 1.807) is 19.3 Å². The maximum Gasteiger partial charge on any atom is 0.416 e. The number of aliphatic imine (C=N–C) groups is 1. The zero-order valence-electron chi connectivity index (χ0n) is 17.2. The van der Waals surface area contributed by atoms with E-state index in [-0.39, 0.29) is 11.6 Å². The third kappa shape index (κ3) is 6.00. The standard InChI is InChI=1S/C20H18F6N6O/c1-12-4-3-6-27-18(12)31(2)29-16(33)5-7-32-11-28-17(30-32)13-8-14(19(21,22)23)10-15(9-13)20(24,25)26/h3-11,17,30H,1-2H3,(H,29,33)/b7-5-. The average molecular weight is 472 g/mol. The third-order valence-electron chi connectivity index (χ3n) is 4.50. The molecule has 0 radical (unpaired) electrons. The summed E-state index contributed by atoms with van der Waals surface area (Å²) >= 11 is 0. The molecular weight excluding hydrogens is 454 g/mol. The molecule has 0 fully saturated rings. The number of aryl methyl sites for hydroxylation is 1. The summed E-state index contributed by atoms with van der Waals surface area (Å²) in [5.74, 6) is -0.0372. The number of aromatic nitrogens is 1.